The summed E-state index contributed by atoms with van der Waals surface area (Å²) in [6.07, 6.45) is 4.66. The smallest absolute Gasteiger partial charge is 0.122 e. The molecule has 2 aromatic rings. The first-order chi connectivity index (χ1) is 9.34. The Kier molecular flexibility index (Phi) is 3.47. The second-order valence-electron chi connectivity index (χ2n) is 4.91. The van der Waals surface area contributed by atoms with Crippen molar-refractivity contribution in [3.8, 4) is 5.75 Å². The quantitative estimate of drug-likeness (QED) is 0.916. The minimum absolute atomic E-state index is 0.144. The average Bonchev–Trinajstić information content (AvgIpc) is 2.47. The minimum Gasteiger partial charge on any atom is -0.493 e. The summed E-state index contributed by atoms with van der Waals surface area (Å²) < 4.78 is 5.63. The summed E-state index contributed by atoms with van der Waals surface area (Å²) in [6.45, 7) is 0.672. The molecule has 3 heteroatoms. The zero-order valence-corrected chi connectivity index (χ0v) is 10.7. The van der Waals surface area contributed by atoms with Gasteiger partial charge in [-0.3, -0.25) is 4.98 Å². The largest absolute Gasteiger partial charge is 0.493 e. The molecule has 2 unspecified atom stereocenters. The highest BCUT2D eigenvalue weighted by Gasteiger charge is 2.27. The summed E-state index contributed by atoms with van der Waals surface area (Å²) in [6, 6.07) is 11.9. The summed E-state index contributed by atoms with van der Waals surface area (Å²) in [7, 11) is 0. The van der Waals surface area contributed by atoms with Gasteiger partial charge in [-0.05, 0) is 29.7 Å². The highest BCUT2D eigenvalue weighted by Crippen LogP contribution is 2.36. The van der Waals surface area contributed by atoms with Gasteiger partial charge in [0.05, 0.1) is 12.7 Å². The molecular formula is C16H17NO2. The molecular weight excluding hydrogens is 238 g/mol. The van der Waals surface area contributed by atoms with E-state index in [2.05, 4.69) is 4.98 Å². The first kappa shape index (κ1) is 12.2. The van der Waals surface area contributed by atoms with E-state index in [0.717, 1.165) is 23.3 Å². The molecule has 0 bridgehead atoms. The fourth-order valence-corrected chi connectivity index (χ4v) is 2.67. The van der Waals surface area contributed by atoms with Crippen LogP contribution in [0.1, 0.15) is 23.5 Å². The van der Waals surface area contributed by atoms with Crippen molar-refractivity contribution in [2.45, 2.75) is 24.9 Å². The van der Waals surface area contributed by atoms with Crippen LogP contribution >= 0.6 is 0 Å². The molecule has 0 saturated heterocycles. The van der Waals surface area contributed by atoms with Gasteiger partial charge in [-0.25, -0.2) is 0 Å². The summed E-state index contributed by atoms with van der Waals surface area (Å²) in [5.41, 5.74) is 2.18. The van der Waals surface area contributed by atoms with Crippen molar-refractivity contribution in [3.63, 3.8) is 0 Å². The van der Waals surface area contributed by atoms with E-state index in [4.69, 9.17) is 4.74 Å². The highest BCUT2D eigenvalue weighted by molar-refractivity contribution is 5.38. The van der Waals surface area contributed by atoms with Crippen molar-refractivity contribution in [2.24, 2.45) is 0 Å². The molecule has 0 amide bonds. The van der Waals surface area contributed by atoms with E-state index in [0.29, 0.717) is 13.0 Å². The number of hydrogen-bond donors (Lipinski definition) is 1. The molecule has 2 atom stereocenters. The van der Waals surface area contributed by atoms with Crippen LogP contribution in [-0.4, -0.2) is 22.8 Å². The number of aliphatic hydroxyl groups excluding tert-OH is 1. The third-order valence-electron chi connectivity index (χ3n) is 3.64. The van der Waals surface area contributed by atoms with Gasteiger partial charge >= 0.3 is 0 Å². The van der Waals surface area contributed by atoms with Gasteiger partial charge in [0.1, 0.15) is 5.75 Å². The number of benzene rings is 1. The van der Waals surface area contributed by atoms with E-state index in [-0.39, 0.29) is 5.92 Å². The minimum atomic E-state index is -0.394. The maximum atomic E-state index is 10.5. The van der Waals surface area contributed by atoms with Crippen LogP contribution in [0.25, 0.3) is 0 Å². The first-order valence-corrected chi connectivity index (χ1v) is 6.63. The van der Waals surface area contributed by atoms with E-state index < -0.39 is 6.10 Å². The molecule has 0 saturated carbocycles. The predicted octanol–water partition coefficient (Wildman–Crippen LogP) is 2.55. The Morgan fingerprint density at radius 1 is 1.26 bits per heavy atom. The Morgan fingerprint density at radius 3 is 3.00 bits per heavy atom. The highest BCUT2D eigenvalue weighted by atomic mass is 16.5. The summed E-state index contributed by atoms with van der Waals surface area (Å²) >= 11 is 0. The number of rotatable bonds is 3. The number of pyridine rings is 1. The second-order valence-corrected chi connectivity index (χ2v) is 4.91. The Bertz CT molecular complexity index is 541. The number of aromatic nitrogens is 1. The number of nitrogens with zero attached hydrogens (tertiary/aromatic N) is 1. The van der Waals surface area contributed by atoms with Crippen LogP contribution in [0.4, 0.5) is 0 Å². The molecule has 1 aliphatic rings. The van der Waals surface area contributed by atoms with Crippen LogP contribution in [0.3, 0.4) is 0 Å². The van der Waals surface area contributed by atoms with Gasteiger partial charge in [0.15, 0.2) is 0 Å². The normalized spacial score (nSPS) is 19.3. The molecule has 3 nitrogen and oxygen atoms in total. The lowest BCUT2D eigenvalue weighted by Crippen LogP contribution is -2.26. The SMILES string of the molecule is OC(Cc1cccnc1)C1CCOc2ccccc21. The zero-order chi connectivity index (χ0) is 13.1. The van der Waals surface area contributed by atoms with Crippen molar-refractivity contribution in [1.82, 2.24) is 4.98 Å². The molecule has 98 valence electrons. The number of aliphatic hydroxyl groups is 1. The van der Waals surface area contributed by atoms with Gasteiger partial charge in [0, 0.05) is 24.7 Å². The third kappa shape index (κ3) is 2.61. The number of fused-ring (bicyclic) bond motifs is 1. The molecule has 19 heavy (non-hydrogen) atoms. The molecule has 0 aliphatic carbocycles. The molecule has 3 rings (SSSR count). The molecule has 1 aromatic heterocycles. The van der Waals surface area contributed by atoms with Crippen LogP contribution in [0.2, 0.25) is 0 Å². The van der Waals surface area contributed by atoms with Crippen molar-refractivity contribution in [3.05, 3.63) is 59.9 Å². The van der Waals surface area contributed by atoms with E-state index in [9.17, 15) is 5.11 Å². The first-order valence-electron chi connectivity index (χ1n) is 6.63. The third-order valence-corrected chi connectivity index (χ3v) is 3.64. The van der Waals surface area contributed by atoms with E-state index in [1.165, 1.54) is 0 Å². The number of para-hydroxylation sites is 1. The Morgan fingerprint density at radius 2 is 2.16 bits per heavy atom. The lowest BCUT2D eigenvalue weighted by Gasteiger charge is -2.29. The van der Waals surface area contributed by atoms with Gasteiger partial charge < -0.3 is 9.84 Å². The van der Waals surface area contributed by atoms with Crippen molar-refractivity contribution in [1.29, 1.82) is 0 Å². The maximum absolute atomic E-state index is 10.5. The van der Waals surface area contributed by atoms with Gasteiger partial charge in [0.25, 0.3) is 0 Å². The molecule has 0 spiro atoms. The Balaban J connectivity index is 1.80. The topological polar surface area (TPSA) is 42.4 Å². The summed E-state index contributed by atoms with van der Waals surface area (Å²) in [4.78, 5) is 4.09. The van der Waals surface area contributed by atoms with Crippen LogP contribution in [-0.2, 0) is 6.42 Å². The van der Waals surface area contributed by atoms with Crippen LogP contribution in [0.15, 0.2) is 48.8 Å². The van der Waals surface area contributed by atoms with E-state index in [1.807, 2.05) is 42.6 Å². The lowest BCUT2D eigenvalue weighted by atomic mass is 9.86. The summed E-state index contributed by atoms with van der Waals surface area (Å²) in [5, 5.41) is 10.5. The van der Waals surface area contributed by atoms with Crippen molar-refractivity contribution >= 4 is 0 Å². The average molecular weight is 255 g/mol. The van der Waals surface area contributed by atoms with E-state index >= 15 is 0 Å². The van der Waals surface area contributed by atoms with Gasteiger partial charge in [-0.15, -0.1) is 0 Å². The number of ether oxygens (including phenoxy) is 1. The fourth-order valence-electron chi connectivity index (χ4n) is 2.67. The van der Waals surface area contributed by atoms with Gasteiger partial charge in [-0.2, -0.15) is 0 Å². The van der Waals surface area contributed by atoms with Gasteiger partial charge in [-0.1, -0.05) is 24.3 Å². The Hall–Kier alpha value is -1.87. The molecule has 0 radical (unpaired) electrons. The number of hydrogen-bond acceptors (Lipinski definition) is 3. The van der Waals surface area contributed by atoms with E-state index in [1.54, 1.807) is 6.20 Å². The Labute approximate surface area is 112 Å². The fraction of sp³-hybridized carbons (Fsp3) is 0.312. The molecule has 2 heterocycles. The second kappa shape index (κ2) is 5.41. The molecule has 1 aliphatic heterocycles. The zero-order valence-electron chi connectivity index (χ0n) is 10.7. The monoisotopic (exact) mass is 255 g/mol. The molecule has 1 aromatic carbocycles. The lowest BCUT2D eigenvalue weighted by molar-refractivity contribution is 0.116. The van der Waals surface area contributed by atoms with Crippen molar-refractivity contribution < 1.29 is 9.84 Å². The molecule has 0 fully saturated rings. The van der Waals surface area contributed by atoms with Crippen LogP contribution in [0.5, 0.6) is 5.75 Å². The predicted molar refractivity (Wildman–Crippen MR) is 73.2 cm³/mol. The maximum Gasteiger partial charge on any atom is 0.122 e. The van der Waals surface area contributed by atoms with Crippen LogP contribution < -0.4 is 4.74 Å². The van der Waals surface area contributed by atoms with Crippen molar-refractivity contribution in [2.75, 3.05) is 6.61 Å². The van der Waals surface area contributed by atoms with Crippen LogP contribution in [0, 0.1) is 0 Å². The summed E-state index contributed by atoms with van der Waals surface area (Å²) in [5.74, 6) is 1.05. The standard InChI is InChI=1S/C16H17NO2/c18-15(10-12-4-3-8-17-11-12)13-7-9-19-16-6-2-1-5-14(13)16/h1-6,8,11,13,15,18H,7,9-10H2. The van der Waals surface area contributed by atoms with Gasteiger partial charge in [0.2, 0.25) is 0 Å². The molecule has 1 N–H and O–H groups in total.